The predicted molar refractivity (Wildman–Crippen MR) is 111 cm³/mol. The third-order valence-corrected chi connectivity index (χ3v) is 5.55. The lowest BCUT2D eigenvalue weighted by molar-refractivity contribution is -0.148. The van der Waals surface area contributed by atoms with Gasteiger partial charge < -0.3 is 14.6 Å². The SMILES string of the molecule is C#Cc1ccc(-c2cnc([C@@H]3CCCN3C(=O)[C@@H](CC(=O)OC)C(C)C)[nH]2)cc1. The van der Waals surface area contributed by atoms with Gasteiger partial charge in [-0.25, -0.2) is 4.98 Å². The Labute approximate surface area is 171 Å². The van der Waals surface area contributed by atoms with Crippen LogP contribution in [0.3, 0.4) is 0 Å². The predicted octanol–water partition coefficient (Wildman–Crippen LogP) is 3.56. The van der Waals surface area contributed by atoms with E-state index in [0.717, 1.165) is 35.5 Å². The zero-order valence-electron chi connectivity index (χ0n) is 17.1. The number of ether oxygens (including phenoxy) is 1. The summed E-state index contributed by atoms with van der Waals surface area (Å²) in [6, 6.07) is 7.58. The molecule has 2 heterocycles. The maximum absolute atomic E-state index is 13.2. The molecule has 1 aliphatic rings. The summed E-state index contributed by atoms with van der Waals surface area (Å²) in [6.07, 6.45) is 9.06. The second kappa shape index (κ2) is 8.95. The Hall–Kier alpha value is -3.07. The Bertz CT molecular complexity index is 908. The van der Waals surface area contributed by atoms with E-state index in [9.17, 15) is 9.59 Å². The van der Waals surface area contributed by atoms with E-state index in [1.807, 2.05) is 43.0 Å². The number of terminal acetylenes is 1. The van der Waals surface area contributed by atoms with Gasteiger partial charge in [0, 0.05) is 12.1 Å². The van der Waals surface area contributed by atoms with Crippen LogP contribution in [0.4, 0.5) is 0 Å². The normalized spacial score (nSPS) is 17.2. The molecule has 3 rings (SSSR count). The fourth-order valence-corrected chi connectivity index (χ4v) is 3.80. The number of carbonyl (C=O) groups is 2. The lowest BCUT2D eigenvalue weighted by Gasteiger charge is -2.29. The standard InChI is InChI=1S/C23H27N3O3/c1-5-16-8-10-17(11-9-16)19-14-24-22(25-19)20-7-6-12-26(20)23(28)18(15(2)3)13-21(27)29-4/h1,8-11,14-15,18,20H,6-7,12-13H2,2-4H3,(H,24,25)/t18-,20-/m0/s1. The number of amides is 1. The monoisotopic (exact) mass is 393 g/mol. The highest BCUT2D eigenvalue weighted by molar-refractivity contribution is 5.84. The molecule has 0 bridgehead atoms. The number of hydrogen-bond acceptors (Lipinski definition) is 4. The van der Waals surface area contributed by atoms with Crippen molar-refractivity contribution in [2.24, 2.45) is 11.8 Å². The first-order valence-corrected chi connectivity index (χ1v) is 9.93. The minimum atomic E-state index is -0.395. The van der Waals surface area contributed by atoms with Gasteiger partial charge in [-0.2, -0.15) is 0 Å². The van der Waals surface area contributed by atoms with Crippen LogP contribution in [0.2, 0.25) is 0 Å². The second-order valence-corrected chi connectivity index (χ2v) is 7.72. The van der Waals surface area contributed by atoms with Crippen molar-refractivity contribution in [2.75, 3.05) is 13.7 Å². The summed E-state index contributed by atoms with van der Waals surface area (Å²) in [5.41, 5.74) is 2.70. The number of rotatable bonds is 6. The number of carbonyl (C=O) groups excluding carboxylic acids is 2. The van der Waals surface area contributed by atoms with E-state index < -0.39 is 5.92 Å². The molecule has 1 N–H and O–H groups in total. The summed E-state index contributed by atoms with van der Waals surface area (Å²) < 4.78 is 4.78. The van der Waals surface area contributed by atoms with Crippen LogP contribution in [-0.2, 0) is 14.3 Å². The second-order valence-electron chi connectivity index (χ2n) is 7.72. The van der Waals surface area contributed by atoms with Gasteiger partial charge in [0.05, 0.1) is 37.4 Å². The molecule has 1 aliphatic heterocycles. The number of H-pyrrole nitrogens is 1. The number of methoxy groups -OCH3 is 1. The molecular formula is C23H27N3O3. The van der Waals surface area contributed by atoms with Crippen LogP contribution < -0.4 is 0 Å². The van der Waals surface area contributed by atoms with Crippen molar-refractivity contribution in [3.63, 3.8) is 0 Å². The van der Waals surface area contributed by atoms with E-state index in [-0.39, 0.29) is 30.3 Å². The molecule has 6 nitrogen and oxygen atoms in total. The number of likely N-dealkylation sites (tertiary alicyclic amines) is 1. The van der Waals surface area contributed by atoms with E-state index in [1.54, 1.807) is 6.20 Å². The summed E-state index contributed by atoms with van der Waals surface area (Å²) in [6.45, 7) is 4.59. The van der Waals surface area contributed by atoms with Gasteiger partial charge in [-0.1, -0.05) is 31.9 Å². The summed E-state index contributed by atoms with van der Waals surface area (Å²) in [7, 11) is 1.35. The number of aromatic nitrogens is 2. The van der Waals surface area contributed by atoms with Crippen molar-refractivity contribution < 1.29 is 14.3 Å². The lowest BCUT2D eigenvalue weighted by Crippen LogP contribution is -2.39. The first-order valence-electron chi connectivity index (χ1n) is 9.93. The van der Waals surface area contributed by atoms with Crippen molar-refractivity contribution in [3.8, 4) is 23.6 Å². The maximum atomic E-state index is 13.2. The van der Waals surface area contributed by atoms with E-state index in [1.165, 1.54) is 7.11 Å². The Morgan fingerprint density at radius 1 is 1.34 bits per heavy atom. The molecule has 2 atom stereocenters. The van der Waals surface area contributed by atoms with Gasteiger partial charge in [-0.15, -0.1) is 6.42 Å². The first-order chi connectivity index (χ1) is 13.9. The molecule has 1 fully saturated rings. The molecule has 0 spiro atoms. The highest BCUT2D eigenvalue weighted by Gasteiger charge is 2.37. The topological polar surface area (TPSA) is 75.3 Å². The average Bonchev–Trinajstić information content (AvgIpc) is 3.40. The highest BCUT2D eigenvalue weighted by atomic mass is 16.5. The number of hydrogen-bond donors (Lipinski definition) is 1. The molecule has 29 heavy (non-hydrogen) atoms. The first kappa shape index (κ1) is 20.7. The van der Waals surface area contributed by atoms with E-state index in [2.05, 4.69) is 15.9 Å². The smallest absolute Gasteiger partial charge is 0.306 e. The van der Waals surface area contributed by atoms with E-state index in [0.29, 0.717) is 6.54 Å². The molecule has 0 unspecified atom stereocenters. The van der Waals surface area contributed by atoms with Gasteiger partial charge in [-0.3, -0.25) is 9.59 Å². The number of esters is 1. The Kier molecular flexibility index (Phi) is 6.38. The summed E-state index contributed by atoms with van der Waals surface area (Å²) in [5.74, 6) is 2.66. The molecule has 1 saturated heterocycles. The van der Waals surface area contributed by atoms with Gasteiger partial charge >= 0.3 is 5.97 Å². The molecule has 1 aromatic carbocycles. The molecule has 0 radical (unpaired) electrons. The minimum Gasteiger partial charge on any atom is -0.469 e. The fourth-order valence-electron chi connectivity index (χ4n) is 3.80. The van der Waals surface area contributed by atoms with Gasteiger partial charge in [0.25, 0.3) is 0 Å². The van der Waals surface area contributed by atoms with E-state index in [4.69, 9.17) is 11.2 Å². The molecule has 0 aliphatic carbocycles. The zero-order valence-corrected chi connectivity index (χ0v) is 17.1. The van der Waals surface area contributed by atoms with Crippen molar-refractivity contribution in [1.82, 2.24) is 14.9 Å². The van der Waals surface area contributed by atoms with Crippen molar-refractivity contribution in [3.05, 3.63) is 41.9 Å². The van der Waals surface area contributed by atoms with Gasteiger partial charge in [-0.05, 0) is 36.5 Å². The minimum absolute atomic E-state index is 0.00998. The number of aromatic amines is 1. The highest BCUT2D eigenvalue weighted by Crippen LogP contribution is 2.34. The van der Waals surface area contributed by atoms with E-state index >= 15 is 0 Å². The van der Waals surface area contributed by atoms with Crippen LogP contribution in [0.25, 0.3) is 11.3 Å². The van der Waals surface area contributed by atoms with Crippen molar-refractivity contribution >= 4 is 11.9 Å². The molecule has 1 amide bonds. The van der Waals surface area contributed by atoms with Gasteiger partial charge in [0.2, 0.25) is 5.91 Å². The number of nitrogens with one attached hydrogen (secondary N) is 1. The summed E-state index contributed by atoms with van der Waals surface area (Å²) in [4.78, 5) is 34.8. The molecule has 1 aromatic heterocycles. The number of benzene rings is 1. The molecule has 152 valence electrons. The van der Waals surface area contributed by atoms with Crippen molar-refractivity contribution in [2.45, 2.75) is 39.2 Å². The lowest BCUT2D eigenvalue weighted by atomic mass is 9.91. The third kappa shape index (κ3) is 4.51. The Balaban J connectivity index is 1.79. The molecular weight excluding hydrogens is 366 g/mol. The molecule has 0 saturated carbocycles. The molecule has 2 aromatic rings. The molecule has 6 heteroatoms. The quantitative estimate of drug-likeness (QED) is 0.601. The van der Waals surface area contributed by atoms with Crippen LogP contribution >= 0.6 is 0 Å². The van der Waals surface area contributed by atoms with Crippen LogP contribution in [0.5, 0.6) is 0 Å². The largest absolute Gasteiger partial charge is 0.469 e. The van der Waals surface area contributed by atoms with Crippen LogP contribution in [-0.4, -0.2) is 40.4 Å². The van der Waals surface area contributed by atoms with Gasteiger partial charge in [0.15, 0.2) is 0 Å². The third-order valence-electron chi connectivity index (χ3n) is 5.55. The number of nitrogens with zero attached hydrogens (tertiary/aromatic N) is 2. The summed E-state index contributed by atoms with van der Waals surface area (Å²) >= 11 is 0. The Morgan fingerprint density at radius 3 is 2.69 bits per heavy atom. The van der Waals surface area contributed by atoms with Crippen LogP contribution in [0.1, 0.15) is 50.5 Å². The zero-order chi connectivity index (χ0) is 21.0. The van der Waals surface area contributed by atoms with Crippen LogP contribution in [0.15, 0.2) is 30.5 Å². The maximum Gasteiger partial charge on any atom is 0.306 e. The van der Waals surface area contributed by atoms with Gasteiger partial charge in [0.1, 0.15) is 5.82 Å². The Morgan fingerprint density at radius 2 is 2.07 bits per heavy atom. The summed E-state index contributed by atoms with van der Waals surface area (Å²) in [5, 5.41) is 0. The average molecular weight is 393 g/mol. The fraction of sp³-hybridized carbons (Fsp3) is 0.435. The number of imidazole rings is 1. The van der Waals surface area contributed by atoms with Crippen molar-refractivity contribution in [1.29, 1.82) is 0 Å². The van der Waals surface area contributed by atoms with Crippen LogP contribution in [0, 0.1) is 24.2 Å².